The van der Waals surface area contributed by atoms with Gasteiger partial charge in [-0.25, -0.2) is 0 Å². The monoisotopic (exact) mass is 279 g/mol. The molecule has 2 rings (SSSR count). The Morgan fingerprint density at radius 3 is 2.60 bits per heavy atom. The van der Waals surface area contributed by atoms with Crippen molar-refractivity contribution in [1.82, 2.24) is 4.98 Å². The Labute approximate surface area is 121 Å². The quantitative estimate of drug-likeness (QED) is 0.868. The van der Waals surface area contributed by atoms with E-state index in [2.05, 4.69) is 4.98 Å². The Morgan fingerprint density at radius 2 is 1.95 bits per heavy atom. The molecule has 0 aromatic carbocycles. The van der Waals surface area contributed by atoms with Crippen LogP contribution in [0.4, 0.5) is 0 Å². The van der Waals surface area contributed by atoms with Crippen LogP contribution in [0.3, 0.4) is 0 Å². The van der Waals surface area contributed by atoms with Crippen LogP contribution >= 0.6 is 0 Å². The van der Waals surface area contributed by atoms with Crippen molar-refractivity contribution >= 4 is 0 Å². The van der Waals surface area contributed by atoms with Crippen molar-refractivity contribution < 1.29 is 14.6 Å². The summed E-state index contributed by atoms with van der Waals surface area (Å²) >= 11 is 0. The van der Waals surface area contributed by atoms with Crippen molar-refractivity contribution in [2.75, 3.05) is 13.2 Å². The fraction of sp³-hybridized carbons (Fsp3) is 0.688. The number of ether oxygens (including phenoxy) is 2. The topological polar surface area (TPSA) is 51.6 Å². The highest BCUT2D eigenvalue weighted by Crippen LogP contribution is 2.41. The zero-order chi connectivity index (χ0) is 14.4. The molecular formula is C16H25NO3. The van der Waals surface area contributed by atoms with Crippen LogP contribution in [0.25, 0.3) is 0 Å². The first kappa shape index (κ1) is 15.3. The van der Waals surface area contributed by atoms with E-state index >= 15 is 0 Å². The summed E-state index contributed by atoms with van der Waals surface area (Å²) in [5.41, 5.74) is 0.325. The maximum absolute atomic E-state index is 10.8. The molecular weight excluding hydrogens is 254 g/mol. The second-order valence-electron chi connectivity index (χ2n) is 5.35. The molecule has 4 nitrogen and oxygen atoms in total. The van der Waals surface area contributed by atoms with Gasteiger partial charge in [-0.2, -0.15) is 0 Å². The predicted molar refractivity (Wildman–Crippen MR) is 77.8 cm³/mol. The van der Waals surface area contributed by atoms with Gasteiger partial charge in [-0.05, 0) is 32.8 Å². The smallest absolute Gasteiger partial charge is 0.137 e. The first-order chi connectivity index (χ1) is 9.72. The third-order valence-electron chi connectivity index (χ3n) is 3.99. The van der Waals surface area contributed by atoms with Crippen LogP contribution in [0, 0.1) is 0 Å². The van der Waals surface area contributed by atoms with Gasteiger partial charge >= 0.3 is 0 Å². The lowest BCUT2D eigenvalue weighted by atomic mass is 9.78. The summed E-state index contributed by atoms with van der Waals surface area (Å²) in [4.78, 5) is 4.17. The summed E-state index contributed by atoms with van der Waals surface area (Å²) in [6, 6.07) is 1.87. The number of aromatic nitrogens is 1. The molecule has 1 aliphatic rings. The van der Waals surface area contributed by atoms with Gasteiger partial charge < -0.3 is 14.6 Å². The summed E-state index contributed by atoms with van der Waals surface area (Å²) in [6.45, 7) is 5.14. The minimum Gasteiger partial charge on any atom is -0.492 e. The highest BCUT2D eigenvalue weighted by Gasteiger charge is 2.40. The minimum absolute atomic E-state index is 0.459. The summed E-state index contributed by atoms with van der Waals surface area (Å²) in [6.07, 6.45) is 7.98. The molecule has 20 heavy (non-hydrogen) atoms. The second kappa shape index (κ2) is 7.04. The molecule has 0 radical (unpaired) electrons. The fourth-order valence-corrected chi connectivity index (χ4v) is 3.07. The Kier molecular flexibility index (Phi) is 5.38. The molecule has 1 heterocycles. The predicted octanol–water partition coefficient (Wildman–Crippen LogP) is 3.25. The normalized spacial score (nSPS) is 19.6. The lowest BCUT2D eigenvalue weighted by Gasteiger charge is -2.40. The number of aliphatic hydroxyl groups excluding tert-OH is 1. The maximum atomic E-state index is 10.8. The van der Waals surface area contributed by atoms with Crippen LogP contribution in [-0.2, 0) is 4.74 Å². The lowest BCUT2D eigenvalue weighted by molar-refractivity contribution is -0.141. The number of hydrogen-bond acceptors (Lipinski definition) is 4. The standard InChI is InChI=1S/C16H25NO3/c1-3-19-14-10-13(11-17-12-14)15(18)16(20-4-2)8-6-5-7-9-16/h10-12,15,18H,3-9H2,1-2H3. The summed E-state index contributed by atoms with van der Waals surface area (Å²) in [5.74, 6) is 0.700. The Bertz CT molecular complexity index is 410. The molecule has 1 aliphatic carbocycles. The van der Waals surface area contributed by atoms with Crippen LogP contribution in [0.2, 0.25) is 0 Å². The number of nitrogens with zero attached hydrogens (tertiary/aromatic N) is 1. The largest absolute Gasteiger partial charge is 0.492 e. The van der Waals surface area contributed by atoms with Crippen molar-refractivity contribution in [2.45, 2.75) is 57.7 Å². The Morgan fingerprint density at radius 1 is 1.20 bits per heavy atom. The van der Waals surface area contributed by atoms with Crippen molar-refractivity contribution in [3.63, 3.8) is 0 Å². The summed E-state index contributed by atoms with van der Waals surface area (Å²) < 4.78 is 11.4. The number of hydrogen-bond donors (Lipinski definition) is 1. The molecule has 4 heteroatoms. The lowest BCUT2D eigenvalue weighted by Crippen LogP contribution is -2.41. The van der Waals surface area contributed by atoms with Gasteiger partial charge in [0.15, 0.2) is 0 Å². The Hall–Kier alpha value is -1.13. The zero-order valence-corrected chi connectivity index (χ0v) is 12.5. The average Bonchev–Trinajstić information content (AvgIpc) is 2.48. The van der Waals surface area contributed by atoms with Crippen molar-refractivity contribution in [3.8, 4) is 5.75 Å². The van der Waals surface area contributed by atoms with E-state index in [-0.39, 0.29) is 0 Å². The van der Waals surface area contributed by atoms with Gasteiger partial charge in [0.25, 0.3) is 0 Å². The van der Waals surface area contributed by atoms with Gasteiger partial charge in [-0.1, -0.05) is 19.3 Å². The highest BCUT2D eigenvalue weighted by molar-refractivity contribution is 5.27. The first-order valence-electron chi connectivity index (χ1n) is 7.61. The molecule has 112 valence electrons. The Balaban J connectivity index is 2.22. The first-order valence-corrected chi connectivity index (χ1v) is 7.61. The fourth-order valence-electron chi connectivity index (χ4n) is 3.07. The summed E-state index contributed by atoms with van der Waals surface area (Å²) in [5, 5.41) is 10.8. The SMILES string of the molecule is CCOc1cncc(C(O)C2(OCC)CCCCC2)c1. The molecule has 1 N–H and O–H groups in total. The van der Waals surface area contributed by atoms with Crippen molar-refractivity contribution in [1.29, 1.82) is 0 Å². The van der Waals surface area contributed by atoms with E-state index in [9.17, 15) is 5.11 Å². The molecule has 1 saturated carbocycles. The molecule has 0 spiro atoms. The molecule has 0 saturated heterocycles. The van der Waals surface area contributed by atoms with Crippen molar-refractivity contribution in [2.24, 2.45) is 0 Å². The number of rotatable bonds is 6. The van der Waals surface area contributed by atoms with Gasteiger partial charge in [0.1, 0.15) is 11.9 Å². The number of aliphatic hydroxyl groups is 1. The van der Waals surface area contributed by atoms with Gasteiger partial charge in [0.2, 0.25) is 0 Å². The van der Waals surface area contributed by atoms with Gasteiger partial charge in [-0.15, -0.1) is 0 Å². The third kappa shape index (κ3) is 3.30. The molecule has 1 aromatic heterocycles. The highest BCUT2D eigenvalue weighted by atomic mass is 16.5. The van der Waals surface area contributed by atoms with E-state index in [0.29, 0.717) is 19.0 Å². The van der Waals surface area contributed by atoms with E-state index in [0.717, 1.165) is 31.2 Å². The second-order valence-corrected chi connectivity index (χ2v) is 5.35. The van der Waals surface area contributed by atoms with E-state index in [1.54, 1.807) is 12.4 Å². The van der Waals surface area contributed by atoms with Crippen LogP contribution in [-0.4, -0.2) is 28.9 Å². The molecule has 0 aliphatic heterocycles. The number of pyridine rings is 1. The van der Waals surface area contributed by atoms with Crippen molar-refractivity contribution in [3.05, 3.63) is 24.0 Å². The minimum atomic E-state index is -0.643. The molecule has 1 unspecified atom stereocenters. The van der Waals surface area contributed by atoms with E-state index in [4.69, 9.17) is 9.47 Å². The third-order valence-corrected chi connectivity index (χ3v) is 3.99. The molecule has 0 bridgehead atoms. The van der Waals surface area contributed by atoms with Gasteiger partial charge in [0, 0.05) is 18.4 Å². The molecule has 0 amide bonds. The van der Waals surface area contributed by atoms with Crippen LogP contribution < -0.4 is 4.74 Å². The van der Waals surface area contributed by atoms with Gasteiger partial charge in [0.05, 0.1) is 18.4 Å². The molecule has 1 atom stereocenters. The van der Waals surface area contributed by atoms with Crippen LogP contribution in [0.5, 0.6) is 5.75 Å². The maximum Gasteiger partial charge on any atom is 0.137 e. The zero-order valence-electron chi connectivity index (χ0n) is 12.5. The van der Waals surface area contributed by atoms with Crippen LogP contribution in [0.15, 0.2) is 18.5 Å². The molecule has 1 fully saturated rings. The average molecular weight is 279 g/mol. The molecule has 1 aromatic rings. The van der Waals surface area contributed by atoms with Gasteiger partial charge in [-0.3, -0.25) is 4.98 Å². The van der Waals surface area contributed by atoms with E-state index in [1.165, 1.54) is 6.42 Å². The summed E-state index contributed by atoms with van der Waals surface area (Å²) in [7, 11) is 0. The van der Waals surface area contributed by atoms with E-state index in [1.807, 2.05) is 19.9 Å². The van der Waals surface area contributed by atoms with Crippen LogP contribution in [0.1, 0.15) is 57.6 Å². The van der Waals surface area contributed by atoms with E-state index < -0.39 is 11.7 Å².